The van der Waals surface area contributed by atoms with Crippen molar-refractivity contribution < 1.29 is 23.8 Å². The van der Waals surface area contributed by atoms with Crippen molar-refractivity contribution in [3.05, 3.63) is 83.9 Å². The maximum atomic E-state index is 14.2. The number of aromatic nitrogens is 2. The van der Waals surface area contributed by atoms with Gasteiger partial charge in [-0.05, 0) is 54.4 Å². The van der Waals surface area contributed by atoms with Crippen molar-refractivity contribution in [1.82, 2.24) is 9.97 Å². The highest BCUT2D eigenvalue weighted by Gasteiger charge is 2.47. The number of nitrogens with two attached hydrogens (primary N) is 1. The third-order valence-corrected chi connectivity index (χ3v) is 6.52. The van der Waals surface area contributed by atoms with E-state index in [1.807, 2.05) is 4.90 Å². The molecule has 1 amide bonds. The lowest BCUT2D eigenvalue weighted by molar-refractivity contribution is -0.143. The van der Waals surface area contributed by atoms with Crippen LogP contribution in [0.15, 0.2) is 66.7 Å². The zero-order valence-electron chi connectivity index (χ0n) is 18.5. The average Bonchev–Trinajstić information content (AvgIpc) is 3.34. The minimum Gasteiger partial charge on any atom is -0.507 e. The molecule has 0 radical (unpaired) electrons. The highest BCUT2D eigenvalue weighted by molar-refractivity contribution is 5.92. The first-order valence-electron chi connectivity index (χ1n) is 11.1. The Bertz CT molecular complexity index is 1430. The smallest absolute Gasteiger partial charge is 0.254 e. The van der Waals surface area contributed by atoms with Crippen molar-refractivity contribution in [2.75, 3.05) is 18.0 Å². The Morgan fingerprint density at radius 3 is 2.46 bits per heavy atom. The van der Waals surface area contributed by atoms with E-state index >= 15 is 0 Å². The number of hydrogen-bond donors (Lipinski definition) is 3. The number of carbonyl (C=O) groups excluding carboxylic acids is 1. The monoisotopic (exact) mass is 476 g/mol. The van der Waals surface area contributed by atoms with E-state index < -0.39 is 29.1 Å². The van der Waals surface area contributed by atoms with Crippen molar-refractivity contribution in [1.29, 1.82) is 0 Å². The molecule has 1 saturated heterocycles. The molecule has 0 aliphatic carbocycles. The number of phenolic OH excluding ortho intramolecular Hbond substituents is 1. The summed E-state index contributed by atoms with van der Waals surface area (Å²) < 4.78 is 27.6. The van der Waals surface area contributed by atoms with Crippen LogP contribution in [0.4, 0.5) is 14.6 Å². The fourth-order valence-corrected chi connectivity index (χ4v) is 4.69. The molecular formula is C26H22F2N4O3. The number of aliphatic hydroxyl groups is 1. The van der Waals surface area contributed by atoms with Crippen LogP contribution in [-0.4, -0.2) is 39.2 Å². The summed E-state index contributed by atoms with van der Waals surface area (Å²) in [5.74, 6) is -1.88. The molecule has 4 aromatic rings. The summed E-state index contributed by atoms with van der Waals surface area (Å²) >= 11 is 0. The highest BCUT2D eigenvalue weighted by Crippen LogP contribution is 2.39. The second kappa shape index (κ2) is 8.59. The predicted octanol–water partition coefficient (Wildman–Crippen LogP) is 3.48. The van der Waals surface area contributed by atoms with Gasteiger partial charge in [0.05, 0.1) is 11.1 Å². The molecule has 5 rings (SSSR count). The standard InChI is InChI=1S/C26H22F2N4O3/c27-17-7-5-15(6-8-17)26(35,25(29)34)16-11-12-32(14-16)24-20-13-18(28)9-10-21(20)30-23(31-24)19-3-1-2-4-22(19)33/h1-10,13,16,33,35H,11-12,14H2,(H2,29,34)/t16-,26?/m1/s1. The first-order chi connectivity index (χ1) is 16.8. The van der Waals surface area contributed by atoms with Crippen LogP contribution in [-0.2, 0) is 10.4 Å². The lowest BCUT2D eigenvalue weighted by Gasteiger charge is -2.31. The Hall–Kier alpha value is -4.11. The number of anilines is 1. The summed E-state index contributed by atoms with van der Waals surface area (Å²) in [5.41, 5.74) is 4.68. The summed E-state index contributed by atoms with van der Waals surface area (Å²) in [6, 6.07) is 15.8. The van der Waals surface area contributed by atoms with E-state index in [-0.39, 0.29) is 23.7 Å². The minimum atomic E-state index is -2.03. The van der Waals surface area contributed by atoms with Crippen LogP contribution < -0.4 is 10.6 Å². The van der Waals surface area contributed by atoms with Crippen LogP contribution in [0.3, 0.4) is 0 Å². The number of halogens is 2. The topological polar surface area (TPSA) is 113 Å². The summed E-state index contributed by atoms with van der Waals surface area (Å²) in [4.78, 5) is 23.4. The van der Waals surface area contributed by atoms with Gasteiger partial charge in [0, 0.05) is 24.4 Å². The first kappa shape index (κ1) is 22.7. The van der Waals surface area contributed by atoms with Gasteiger partial charge in [-0.25, -0.2) is 18.7 Å². The van der Waals surface area contributed by atoms with Crippen LogP contribution in [0, 0.1) is 17.6 Å². The maximum Gasteiger partial charge on any atom is 0.254 e. The largest absolute Gasteiger partial charge is 0.507 e. The van der Waals surface area contributed by atoms with Gasteiger partial charge < -0.3 is 20.8 Å². The molecule has 3 aromatic carbocycles. The molecular weight excluding hydrogens is 454 g/mol. The van der Waals surface area contributed by atoms with Gasteiger partial charge in [-0.15, -0.1) is 0 Å². The molecule has 1 unspecified atom stereocenters. The van der Waals surface area contributed by atoms with E-state index in [9.17, 15) is 23.8 Å². The van der Waals surface area contributed by atoms with Gasteiger partial charge in [0.1, 0.15) is 23.2 Å². The van der Waals surface area contributed by atoms with Crippen LogP contribution in [0.25, 0.3) is 22.3 Å². The molecule has 35 heavy (non-hydrogen) atoms. The van der Waals surface area contributed by atoms with Crippen molar-refractivity contribution >= 4 is 22.6 Å². The van der Waals surface area contributed by atoms with Gasteiger partial charge >= 0.3 is 0 Å². The fraction of sp³-hybridized carbons (Fsp3) is 0.192. The van der Waals surface area contributed by atoms with Crippen LogP contribution in [0.1, 0.15) is 12.0 Å². The molecule has 1 aliphatic heterocycles. The summed E-state index contributed by atoms with van der Waals surface area (Å²) in [6.07, 6.45) is 0.379. The summed E-state index contributed by atoms with van der Waals surface area (Å²) in [6.45, 7) is 0.573. The molecule has 7 nitrogen and oxygen atoms in total. The van der Waals surface area contributed by atoms with Crippen molar-refractivity contribution in [2.45, 2.75) is 12.0 Å². The third kappa shape index (κ3) is 3.93. The van der Waals surface area contributed by atoms with Crippen molar-refractivity contribution in [3.8, 4) is 17.1 Å². The van der Waals surface area contributed by atoms with E-state index in [1.54, 1.807) is 18.2 Å². The number of hydrogen-bond acceptors (Lipinski definition) is 6. The molecule has 0 bridgehead atoms. The molecule has 2 heterocycles. The molecule has 2 atom stereocenters. The van der Waals surface area contributed by atoms with E-state index in [2.05, 4.69) is 9.97 Å². The van der Waals surface area contributed by atoms with Crippen LogP contribution in [0.5, 0.6) is 5.75 Å². The van der Waals surface area contributed by atoms with Crippen molar-refractivity contribution in [2.24, 2.45) is 11.7 Å². The Balaban J connectivity index is 1.58. The number of carbonyl (C=O) groups is 1. The molecule has 1 fully saturated rings. The number of para-hydroxylation sites is 1. The highest BCUT2D eigenvalue weighted by atomic mass is 19.1. The molecule has 9 heteroatoms. The molecule has 4 N–H and O–H groups in total. The lowest BCUT2D eigenvalue weighted by Crippen LogP contribution is -2.48. The Labute approximate surface area is 199 Å². The van der Waals surface area contributed by atoms with E-state index in [0.717, 1.165) is 12.1 Å². The lowest BCUT2D eigenvalue weighted by atomic mass is 9.80. The van der Waals surface area contributed by atoms with Crippen LogP contribution in [0.2, 0.25) is 0 Å². The zero-order valence-corrected chi connectivity index (χ0v) is 18.5. The molecule has 0 saturated carbocycles. The number of primary amides is 1. The van der Waals surface area contributed by atoms with Gasteiger partial charge in [-0.2, -0.15) is 0 Å². The quantitative estimate of drug-likeness (QED) is 0.407. The molecule has 1 aliphatic rings. The van der Waals surface area contributed by atoms with E-state index in [0.29, 0.717) is 35.2 Å². The Kier molecular flexibility index (Phi) is 5.56. The number of rotatable bonds is 5. The average molecular weight is 476 g/mol. The SMILES string of the molecule is NC(=O)C(O)(c1ccc(F)cc1)[C@@H]1CCN(c2nc(-c3ccccc3O)nc3ccc(F)cc23)C1. The van der Waals surface area contributed by atoms with E-state index in [4.69, 9.17) is 5.73 Å². The molecule has 0 spiro atoms. The fourth-order valence-electron chi connectivity index (χ4n) is 4.69. The van der Waals surface area contributed by atoms with Gasteiger partial charge in [0.25, 0.3) is 5.91 Å². The van der Waals surface area contributed by atoms with Crippen molar-refractivity contribution in [3.63, 3.8) is 0 Å². The summed E-state index contributed by atoms with van der Waals surface area (Å²) in [5, 5.41) is 22.2. The number of phenols is 1. The summed E-state index contributed by atoms with van der Waals surface area (Å²) in [7, 11) is 0. The number of fused-ring (bicyclic) bond motifs is 1. The number of aromatic hydroxyl groups is 1. The number of amides is 1. The zero-order chi connectivity index (χ0) is 24.7. The first-order valence-corrected chi connectivity index (χ1v) is 11.1. The Morgan fingerprint density at radius 1 is 1.03 bits per heavy atom. The normalized spacial score (nSPS) is 17.5. The Morgan fingerprint density at radius 2 is 1.74 bits per heavy atom. The second-order valence-electron chi connectivity index (χ2n) is 8.62. The maximum absolute atomic E-state index is 14.2. The minimum absolute atomic E-state index is 0.00127. The van der Waals surface area contributed by atoms with Crippen LogP contribution >= 0.6 is 0 Å². The van der Waals surface area contributed by atoms with Gasteiger partial charge in [0.2, 0.25) is 0 Å². The second-order valence-corrected chi connectivity index (χ2v) is 8.62. The van der Waals surface area contributed by atoms with Gasteiger partial charge in [-0.1, -0.05) is 24.3 Å². The molecule has 178 valence electrons. The van der Waals surface area contributed by atoms with Gasteiger partial charge in [0.15, 0.2) is 11.4 Å². The van der Waals surface area contributed by atoms with Gasteiger partial charge in [-0.3, -0.25) is 4.79 Å². The number of nitrogens with zero attached hydrogens (tertiary/aromatic N) is 3. The third-order valence-electron chi connectivity index (χ3n) is 6.52. The van der Waals surface area contributed by atoms with E-state index in [1.165, 1.54) is 36.4 Å². The predicted molar refractivity (Wildman–Crippen MR) is 126 cm³/mol. The number of benzene rings is 3. The molecule has 1 aromatic heterocycles.